The van der Waals surface area contributed by atoms with Gasteiger partial charge in [-0.15, -0.1) is 6.58 Å². The molecule has 0 aliphatic carbocycles. The maximum Gasteiger partial charge on any atom is 0.272 e. The van der Waals surface area contributed by atoms with Gasteiger partial charge in [0.1, 0.15) is 11.9 Å². The van der Waals surface area contributed by atoms with E-state index in [0.29, 0.717) is 29.0 Å². The van der Waals surface area contributed by atoms with Crippen molar-refractivity contribution in [1.82, 2.24) is 15.5 Å². The van der Waals surface area contributed by atoms with Gasteiger partial charge in [-0.1, -0.05) is 38.1 Å². The molecule has 3 amide bonds. The summed E-state index contributed by atoms with van der Waals surface area (Å²) in [4.78, 5) is 40.6. The average molecular weight is 559 g/mol. The first-order chi connectivity index (χ1) is 18.9. The lowest BCUT2D eigenvalue weighted by molar-refractivity contribution is -0.148. The molecule has 2 aliphatic rings. The summed E-state index contributed by atoms with van der Waals surface area (Å²) in [5.74, 6) is -6.56. The number of nitrogens with zero attached hydrogens (tertiary/aromatic N) is 1. The van der Waals surface area contributed by atoms with Crippen LogP contribution in [0.5, 0.6) is 0 Å². The number of aliphatic hydroxyl groups excluding tert-OH is 1. The summed E-state index contributed by atoms with van der Waals surface area (Å²) in [5, 5.41) is 19.6. The van der Waals surface area contributed by atoms with E-state index in [1.165, 1.54) is 38.1 Å². The van der Waals surface area contributed by atoms with Gasteiger partial charge in [-0.2, -0.15) is 0 Å². The number of alkyl halides is 2. The number of carbonyl (C=O) groups excluding carboxylic acids is 3. The zero-order valence-corrected chi connectivity index (χ0v) is 22.3. The number of fused-ring (bicyclic) bond motifs is 1. The maximum absolute atomic E-state index is 15.1. The lowest BCUT2D eigenvalue weighted by Gasteiger charge is -2.34. The highest BCUT2D eigenvalue weighted by Crippen LogP contribution is 2.48. The highest BCUT2D eigenvalue weighted by Gasteiger charge is 2.64. The minimum Gasteiger partial charge on any atom is -0.384 e. The number of amides is 3. The van der Waals surface area contributed by atoms with Gasteiger partial charge in [-0.3, -0.25) is 14.4 Å². The number of carbonyl (C=O) groups is 3. The van der Waals surface area contributed by atoms with E-state index in [4.69, 9.17) is 0 Å². The number of likely N-dealkylation sites (tertiary alicyclic amines) is 1. The number of hydrogen-bond donors (Lipinski definition) is 4. The Kier molecular flexibility index (Phi) is 8.25. The Morgan fingerprint density at radius 2 is 1.95 bits per heavy atom. The van der Waals surface area contributed by atoms with Gasteiger partial charge in [0, 0.05) is 24.3 Å². The number of halogens is 3. The van der Waals surface area contributed by atoms with E-state index in [-0.39, 0.29) is 13.0 Å². The van der Waals surface area contributed by atoms with Crippen LogP contribution in [-0.4, -0.2) is 71.5 Å². The predicted molar refractivity (Wildman–Crippen MR) is 143 cm³/mol. The molecule has 0 radical (unpaired) electrons. The second kappa shape index (κ2) is 11.3. The number of benzene rings is 2. The van der Waals surface area contributed by atoms with Crippen molar-refractivity contribution in [3.63, 3.8) is 0 Å². The fourth-order valence-corrected chi connectivity index (χ4v) is 5.35. The summed E-state index contributed by atoms with van der Waals surface area (Å²) in [7, 11) is 0. The van der Waals surface area contributed by atoms with Gasteiger partial charge in [0.15, 0.2) is 6.10 Å². The molecule has 2 unspecified atom stereocenters. The first kappa shape index (κ1) is 29.1. The van der Waals surface area contributed by atoms with E-state index in [2.05, 4.69) is 22.5 Å². The normalized spacial score (nSPS) is 20.1. The number of anilines is 1. The molecule has 2 aliphatic heterocycles. The molecule has 1 saturated heterocycles. The van der Waals surface area contributed by atoms with Crippen molar-refractivity contribution in [3.8, 4) is 0 Å². The Morgan fingerprint density at radius 1 is 1.23 bits per heavy atom. The van der Waals surface area contributed by atoms with E-state index < -0.39 is 59.6 Å². The first-order valence-corrected chi connectivity index (χ1v) is 13.0. The third-order valence-electron chi connectivity index (χ3n) is 7.67. The summed E-state index contributed by atoms with van der Waals surface area (Å²) in [6.07, 6.45) is -0.222. The van der Waals surface area contributed by atoms with Crippen molar-refractivity contribution in [2.45, 2.75) is 50.8 Å². The quantitative estimate of drug-likeness (QED) is 0.354. The van der Waals surface area contributed by atoms with Crippen LogP contribution in [0.3, 0.4) is 0 Å². The summed E-state index contributed by atoms with van der Waals surface area (Å²) in [6.45, 7) is 5.40. The van der Waals surface area contributed by atoms with Gasteiger partial charge in [-0.25, -0.2) is 13.2 Å². The highest BCUT2D eigenvalue weighted by molar-refractivity contribution is 5.98. The average Bonchev–Trinajstić information content (AvgIpc) is 3.45. The molecule has 4 rings (SSSR count). The Balaban J connectivity index is 1.65. The lowest BCUT2D eigenvalue weighted by atomic mass is 9.81. The molecular weight excluding hydrogens is 525 g/mol. The molecule has 8 nitrogen and oxygen atoms in total. The van der Waals surface area contributed by atoms with Gasteiger partial charge in [-0.05, 0) is 48.2 Å². The predicted octanol–water partition coefficient (Wildman–Crippen LogP) is 2.67. The molecule has 2 heterocycles. The van der Waals surface area contributed by atoms with Crippen molar-refractivity contribution in [2.75, 3.05) is 25.0 Å². The Morgan fingerprint density at radius 3 is 2.65 bits per heavy atom. The van der Waals surface area contributed by atoms with Crippen molar-refractivity contribution < 1.29 is 32.7 Å². The molecule has 3 atom stereocenters. The van der Waals surface area contributed by atoms with Crippen LogP contribution in [0, 0.1) is 11.2 Å². The fraction of sp³-hybridized carbons (Fsp3) is 0.414. The molecule has 40 heavy (non-hydrogen) atoms. The van der Waals surface area contributed by atoms with Crippen LogP contribution in [-0.2, 0) is 22.4 Å². The molecule has 11 heteroatoms. The standard InChI is InChI=1S/C29H33F3N4O4/c1-4-12-34-26(39)24-28(2,3)29(31,32)16-36(24)27(40)23(37)22(15-17-7-5-8-18(30)14-17)35-25(38)20-9-6-10-21-19(20)11-13-33-21/h4-10,14,22-24,33,37H,1,11-13,15-16H2,2-3H3,(H,34,39)(H,35,38)/t22?,23?,24-/m1/s1. The fourth-order valence-electron chi connectivity index (χ4n) is 5.35. The van der Waals surface area contributed by atoms with Crippen molar-refractivity contribution in [3.05, 3.63) is 77.6 Å². The Labute approximate surface area is 230 Å². The molecule has 0 aromatic heterocycles. The van der Waals surface area contributed by atoms with Gasteiger partial charge in [0.25, 0.3) is 17.7 Å². The van der Waals surface area contributed by atoms with E-state index >= 15 is 8.78 Å². The summed E-state index contributed by atoms with van der Waals surface area (Å²) < 4.78 is 44.1. The monoisotopic (exact) mass is 558 g/mol. The molecule has 2 aromatic rings. The van der Waals surface area contributed by atoms with Gasteiger partial charge in [0.05, 0.1) is 18.0 Å². The summed E-state index contributed by atoms with van der Waals surface area (Å²) in [6, 6.07) is 7.63. The zero-order valence-electron chi connectivity index (χ0n) is 22.3. The summed E-state index contributed by atoms with van der Waals surface area (Å²) in [5.41, 5.74) is 0.310. The second-order valence-corrected chi connectivity index (χ2v) is 10.7. The van der Waals surface area contributed by atoms with Crippen molar-refractivity contribution >= 4 is 23.4 Å². The molecular formula is C29H33F3N4O4. The Bertz CT molecular complexity index is 1320. The first-order valence-electron chi connectivity index (χ1n) is 13.0. The molecule has 4 N–H and O–H groups in total. The van der Waals surface area contributed by atoms with Crippen LogP contribution in [0.2, 0.25) is 0 Å². The van der Waals surface area contributed by atoms with Crippen LogP contribution in [0.25, 0.3) is 0 Å². The third kappa shape index (κ3) is 5.56. The maximum atomic E-state index is 15.1. The summed E-state index contributed by atoms with van der Waals surface area (Å²) >= 11 is 0. The molecule has 2 aromatic carbocycles. The van der Waals surface area contributed by atoms with Gasteiger partial charge in [0.2, 0.25) is 5.91 Å². The number of aliphatic hydroxyl groups is 1. The zero-order chi connectivity index (χ0) is 29.2. The van der Waals surface area contributed by atoms with Crippen LogP contribution >= 0.6 is 0 Å². The smallest absolute Gasteiger partial charge is 0.272 e. The molecule has 0 bridgehead atoms. The van der Waals surface area contributed by atoms with Crippen molar-refractivity contribution in [1.29, 1.82) is 0 Å². The van der Waals surface area contributed by atoms with Gasteiger partial charge >= 0.3 is 0 Å². The second-order valence-electron chi connectivity index (χ2n) is 10.7. The molecule has 214 valence electrons. The van der Waals surface area contributed by atoms with E-state index in [1.54, 1.807) is 18.2 Å². The molecule has 0 spiro atoms. The molecule has 0 saturated carbocycles. The minimum atomic E-state index is -3.45. The third-order valence-corrected chi connectivity index (χ3v) is 7.67. The lowest BCUT2D eigenvalue weighted by Crippen LogP contribution is -2.57. The number of rotatable bonds is 9. The van der Waals surface area contributed by atoms with E-state index in [1.807, 2.05) is 6.07 Å². The topological polar surface area (TPSA) is 111 Å². The highest BCUT2D eigenvalue weighted by atomic mass is 19.3. The van der Waals surface area contributed by atoms with Crippen LogP contribution in [0.4, 0.5) is 18.9 Å². The largest absolute Gasteiger partial charge is 0.384 e. The number of nitrogens with one attached hydrogen (secondary N) is 3. The van der Waals surface area contributed by atoms with Crippen molar-refractivity contribution in [2.24, 2.45) is 5.41 Å². The van der Waals surface area contributed by atoms with Crippen LogP contribution < -0.4 is 16.0 Å². The minimum absolute atomic E-state index is 0.00389. The molecule has 1 fully saturated rings. The van der Waals surface area contributed by atoms with Gasteiger partial charge < -0.3 is 26.0 Å². The van der Waals surface area contributed by atoms with E-state index in [0.717, 1.165) is 11.3 Å². The SMILES string of the molecule is C=CCNC(=O)[C@H]1N(C(=O)C(O)C(Cc2cccc(F)c2)NC(=O)c2cccc3c2CCN3)CC(F)(F)C1(C)C. The van der Waals surface area contributed by atoms with E-state index in [9.17, 15) is 23.9 Å². The number of hydrogen-bond acceptors (Lipinski definition) is 5. The Hall–Kier alpha value is -3.86. The van der Waals surface area contributed by atoms with Crippen LogP contribution in [0.1, 0.15) is 35.3 Å². The van der Waals surface area contributed by atoms with Crippen LogP contribution in [0.15, 0.2) is 55.1 Å².